The fraction of sp³-hybridized carbons (Fsp3) is 0.348. The Labute approximate surface area is 189 Å². The quantitative estimate of drug-likeness (QED) is 0.555. The number of hydrogen-bond acceptors (Lipinski definition) is 4. The lowest BCUT2D eigenvalue weighted by Gasteiger charge is -2.34. The van der Waals surface area contributed by atoms with Crippen LogP contribution in [0.5, 0.6) is 0 Å². The summed E-state index contributed by atoms with van der Waals surface area (Å²) in [7, 11) is 1.75. The van der Waals surface area contributed by atoms with E-state index < -0.39 is 11.9 Å². The standard InChI is InChI=1S/C23H24ClFN4O3/c1-29(17-6-8-32-9-7-17)23(31)19(10-14-2-4-16(25)5-3-14)28-22(30)18-11-15-12-21(24)26-13-20(15)27-18/h2-5,11-13,17,19,27H,6-10H2,1H3,(H,28,30)/t19-/m0/s1. The van der Waals surface area contributed by atoms with Crippen molar-refractivity contribution in [3.8, 4) is 0 Å². The zero-order chi connectivity index (χ0) is 22.7. The predicted octanol–water partition coefficient (Wildman–Crippen LogP) is 3.33. The lowest BCUT2D eigenvalue weighted by molar-refractivity contribution is -0.135. The van der Waals surface area contributed by atoms with Crippen LogP contribution in [-0.2, 0) is 16.0 Å². The number of fused-ring (bicyclic) bond motifs is 1. The number of pyridine rings is 1. The van der Waals surface area contributed by atoms with Crippen molar-refractivity contribution in [1.29, 1.82) is 0 Å². The second-order valence-electron chi connectivity index (χ2n) is 7.93. The van der Waals surface area contributed by atoms with Crippen molar-refractivity contribution in [3.05, 3.63) is 64.8 Å². The zero-order valence-electron chi connectivity index (χ0n) is 17.6. The topological polar surface area (TPSA) is 87.3 Å². The van der Waals surface area contributed by atoms with Gasteiger partial charge in [0, 0.05) is 38.1 Å². The van der Waals surface area contributed by atoms with E-state index in [1.54, 1.807) is 42.4 Å². The maximum absolute atomic E-state index is 13.4. The average Bonchev–Trinajstić information content (AvgIpc) is 3.23. The molecule has 2 N–H and O–H groups in total. The molecule has 1 fully saturated rings. The van der Waals surface area contributed by atoms with Gasteiger partial charge in [0.1, 0.15) is 22.7 Å². The fourth-order valence-corrected chi connectivity index (χ4v) is 4.08. The number of aromatic amines is 1. The second kappa shape index (κ2) is 9.67. The van der Waals surface area contributed by atoms with Crippen LogP contribution in [0.2, 0.25) is 5.15 Å². The number of rotatable bonds is 6. The highest BCUT2D eigenvalue weighted by atomic mass is 35.5. The van der Waals surface area contributed by atoms with Crippen molar-refractivity contribution in [3.63, 3.8) is 0 Å². The summed E-state index contributed by atoms with van der Waals surface area (Å²) in [5, 5.41) is 3.92. The molecule has 0 unspecified atom stereocenters. The molecule has 1 aliphatic heterocycles. The summed E-state index contributed by atoms with van der Waals surface area (Å²) in [5.41, 5.74) is 1.72. The molecule has 0 aliphatic carbocycles. The minimum Gasteiger partial charge on any atom is -0.381 e. The van der Waals surface area contributed by atoms with E-state index in [-0.39, 0.29) is 24.2 Å². The van der Waals surface area contributed by atoms with Gasteiger partial charge in [-0.3, -0.25) is 9.59 Å². The molecule has 2 aromatic heterocycles. The number of carbonyl (C=O) groups excluding carboxylic acids is 2. The highest BCUT2D eigenvalue weighted by molar-refractivity contribution is 6.30. The molecule has 1 atom stereocenters. The molecular weight excluding hydrogens is 435 g/mol. The molecule has 9 heteroatoms. The second-order valence-corrected chi connectivity index (χ2v) is 8.31. The first-order valence-electron chi connectivity index (χ1n) is 10.4. The summed E-state index contributed by atoms with van der Waals surface area (Å²) >= 11 is 5.93. The summed E-state index contributed by atoms with van der Waals surface area (Å²) < 4.78 is 18.7. The third-order valence-electron chi connectivity index (χ3n) is 5.76. The van der Waals surface area contributed by atoms with Crippen molar-refractivity contribution in [2.24, 2.45) is 0 Å². The molecule has 1 aliphatic rings. The van der Waals surface area contributed by atoms with Gasteiger partial charge in [-0.25, -0.2) is 9.37 Å². The summed E-state index contributed by atoms with van der Waals surface area (Å²) in [6.45, 7) is 1.20. The number of H-pyrrole nitrogens is 1. The molecule has 3 aromatic rings. The van der Waals surface area contributed by atoms with Gasteiger partial charge in [0.25, 0.3) is 5.91 Å². The first kappa shape index (κ1) is 22.2. The normalized spacial score (nSPS) is 15.5. The number of amides is 2. The molecule has 168 valence electrons. The maximum Gasteiger partial charge on any atom is 0.268 e. The van der Waals surface area contributed by atoms with Crippen LogP contribution in [0.25, 0.3) is 10.9 Å². The Morgan fingerprint density at radius 3 is 2.72 bits per heavy atom. The summed E-state index contributed by atoms with van der Waals surface area (Å²) in [5.74, 6) is -0.973. The molecular formula is C23H24ClFN4O3. The van der Waals surface area contributed by atoms with E-state index in [0.717, 1.165) is 23.8 Å². The van der Waals surface area contributed by atoms with Crippen LogP contribution in [-0.4, -0.2) is 59.0 Å². The minimum absolute atomic E-state index is 0.0464. The van der Waals surface area contributed by atoms with Crippen LogP contribution in [0.3, 0.4) is 0 Å². The molecule has 3 heterocycles. The van der Waals surface area contributed by atoms with Crippen LogP contribution in [0.15, 0.2) is 42.6 Å². The summed E-state index contributed by atoms with van der Waals surface area (Å²) in [4.78, 5) is 35.1. The largest absolute Gasteiger partial charge is 0.381 e. The number of nitrogens with zero attached hydrogens (tertiary/aromatic N) is 2. The van der Waals surface area contributed by atoms with Gasteiger partial charge >= 0.3 is 0 Å². The van der Waals surface area contributed by atoms with Gasteiger partial charge in [-0.2, -0.15) is 0 Å². The van der Waals surface area contributed by atoms with Crippen LogP contribution in [0, 0.1) is 5.82 Å². The third kappa shape index (κ3) is 5.08. The van der Waals surface area contributed by atoms with Gasteiger partial charge < -0.3 is 19.9 Å². The highest BCUT2D eigenvalue weighted by Gasteiger charge is 2.30. The lowest BCUT2D eigenvalue weighted by Crippen LogP contribution is -2.52. The van der Waals surface area contributed by atoms with Crippen LogP contribution in [0.4, 0.5) is 4.39 Å². The lowest BCUT2D eigenvalue weighted by atomic mass is 10.0. The average molecular weight is 459 g/mol. The monoisotopic (exact) mass is 458 g/mol. The predicted molar refractivity (Wildman–Crippen MR) is 119 cm³/mol. The first-order valence-corrected chi connectivity index (χ1v) is 10.8. The molecule has 1 saturated heterocycles. The van der Waals surface area contributed by atoms with Gasteiger partial charge in [-0.15, -0.1) is 0 Å². The Hall–Kier alpha value is -2.97. The van der Waals surface area contributed by atoms with E-state index in [9.17, 15) is 14.0 Å². The molecule has 2 amide bonds. The van der Waals surface area contributed by atoms with Gasteiger partial charge in [0.15, 0.2) is 0 Å². The van der Waals surface area contributed by atoms with Crippen LogP contribution in [0.1, 0.15) is 28.9 Å². The maximum atomic E-state index is 13.4. The number of ether oxygens (including phenoxy) is 1. The smallest absolute Gasteiger partial charge is 0.268 e. The Bertz CT molecular complexity index is 1110. The molecule has 0 bridgehead atoms. The molecule has 7 nitrogen and oxygen atoms in total. The van der Waals surface area contributed by atoms with E-state index >= 15 is 0 Å². The van der Waals surface area contributed by atoms with E-state index in [1.807, 2.05) is 0 Å². The fourth-order valence-electron chi connectivity index (χ4n) is 3.92. The number of halogens is 2. The van der Waals surface area contributed by atoms with Gasteiger partial charge in [0.2, 0.25) is 5.91 Å². The molecule has 4 rings (SSSR count). The van der Waals surface area contributed by atoms with Crippen molar-refractivity contribution >= 4 is 34.3 Å². The van der Waals surface area contributed by atoms with Gasteiger partial charge in [0.05, 0.1) is 11.7 Å². The molecule has 1 aromatic carbocycles. The molecule has 0 spiro atoms. The van der Waals surface area contributed by atoms with E-state index in [0.29, 0.717) is 29.6 Å². The van der Waals surface area contributed by atoms with Crippen LogP contribution >= 0.6 is 11.6 Å². The number of benzene rings is 1. The Kier molecular flexibility index (Phi) is 6.72. The van der Waals surface area contributed by atoms with Crippen molar-refractivity contribution in [1.82, 2.24) is 20.2 Å². The summed E-state index contributed by atoms with van der Waals surface area (Å²) in [6, 6.07) is 8.48. The number of likely N-dealkylation sites (N-methyl/N-ethyl adjacent to an activating group) is 1. The zero-order valence-corrected chi connectivity index (χ0v) is 18.4. The van der Waals surface area contributed by atoms with Gasteiger partial charge in [-0.1, -0.05) is 23.7 Å². The van der Waals surface area contributed by atoms with Crippen molar-refractivity contribution in [2.75, 3.05) is 20.3 Å². The first-order chi connectivity index (χ1) is 15.4. The molecule has 32 heavy (non-hydrogen) atoms. The SMILES string of the molecule is CN(C(=O)[C@H](Cc1ccc(F)cc1)NC(=O)c1cc2cc(Cl)ncc2[nH]1)C1CCOCC1. The Morgan fingerprint density at radius 1 is 1.28 bits per heavy atom. The number of aromatic nitrogens is 2. The minimum atomic E-state index is -0.811. The molecule has 0 radical (unpaired) electrons. The summed E-state index contributed by atoms with van der Waals surface area (Å²) in [6.07, 6.45) is 3.28. The van der Waals surface area contributed by atoms with Crippen molar-refractivity contribution in [2.45, 2.75) is 31.3 Å². The Morgan fingerprint density at radius 2 is 2.00 bits per heavy atom. The third-order valence-corrected chi connectivity index (χ3v) is 5.97. The van der Waals surface area contributed by atoms with Crippen LogP contribution < -0.4 is 5.32 Å². The highest BCUT2D eigenvalue weighted by Crippen LogP contribution is 2.19. The van der Waals surface area contributed by atoms with E-state index in [4.69, 9.17) is 16.3 Å². The van der Waals surface area contributed by atoms with E-state index in [1.165, 1.54) is 12.1 Å². The number of carbonyl (C=O) groups is 2. The van der Waals surface area contributed by atoms with E-state index in [2.05, 4.69) is 15.3 Å². The van der Waals surface area contributed by atoms with Gasteiger partial charge in [-0.05, 0) is 42.7 Å². The number of hydrogen-bond donors (Lipinski definition) is 2. The van der Waals surface area contributed by atoms with Crippen molar-refractivity contribution < 1.29 is 18.7 Å². The Balaban J connectivity index is 1.55. The molecule has 0 saturated carbocycles. The number of nitrogens with one attached hydrogen (secondary N) is 2.